The lowest BCUT2D eigenvalue weighted by molar-refractivity contribution is 0.0611. The van der Waals surface area contributed by atoms with Gasteiger partial charge in [0.1, 0.15) is 5.65 Å². The van der Waals surface area contributed by atoms with E-state index in [0.717, 1.165) is 56.3 Å². The predicted octanol–water partition coefficient (Wildman–Crippen LogP) is 1.32. The average molecular weight is 450 g/mol. The number of ether oxygens (including phenoxy) is 1. The molecule has 31 heavy (non-hydrogen) atoms. The third-order valence-electron chi connectivity index (χ3n) is 6.21. The number of carbonyl (C=O) groups excluding carboxylic acids is 1. The fraction of sp³-hybridized carbons (Fsp3) is 0.571. The highest BCUT2D eigenvalue weighted by atomic mass is 35.5. The van der Waals surface area contributed by atoms with Crippen molar-refractivity contribution in [3.63, 3.8) is 0 Å². The fourth-order valence-electron chi connectivity index (χ4n) is 4.32. The van der Waals surface area contributed by atoms with Crippen molar-refractivity contribution in [1.29, 1.82) is 0 Å². The Hall–Kier alpha value is -2.36. The molecular weight excluding hydrogens is 422 g/mol. The molecule has 1 amide bonds. The van der Waals surface area contributed by atoms with E-state index in [1.807, 2.05) is 0 Å². The Morgan fingerprint density at radius 3 is 2.74 bits per heavy atom. The summed E-state index contributed by atoms with van der Waals surface area (Å²) in [6.07, 6.45) is 8.12. The summed E-state index contributed by atoms with van der Waals surface area (Å²) in [7, 11) is 0. The normalized spacial score (nSPS) is 19.7. The van der Waals surface area contributed by atoms with Gasteiger partial charge in [-0.15, -0.1) is 12.4 Å². The minimum atomic E-state index is -0.527. The molecular formula is C21H28ClN5O4. The molecule has 168 valence electrons. The molecule has 3 N–H and O–H groups in total. The van der Waals surface area contributed by atoms with Gasteiger partial charge in [-0.2, -0.15) is 9.61 Å². The first kappa shape index (κ1) is 21.9. The molecule has 2 aromatic rings. The molecule has 1 saturated carbocycles. The van der Waals surface area contributed by atoms with Gasteiger partial charge < -0.3 is 20.5 Å². The van der Waals surface area contributed by atoms with E-state index >= 15 is 0 Å². The van der Waals surface area contributed by atoms with E-state index in [0.29, 0.717) is 25.4 Å². The molecule has 2 aliphatic heterocycles. The molecule has 4 heterocycles. The van der Waals surface area contributed by atoms with E-state index in [9.17, 15) is 14.7 Å². The van der Waals surface area contributed by atoms with Crippen LogP contribution >= 0.6 is 12.4 Å². The molecule has 0 aromatic carbocycles. The van der Waals surface area contributed by atoms with Crippen LogP contribution < -0.4 is 16.2 Å². The predicted molar refractivity (Wildman–Crippen MR) is 118 cm³/mol. The lowest BCUT2D eigenvalue weighted by Gasteiger charge is -2.24. The molecule has 0 unspecified atom stereocenters. The maximum absolute atomic E-state index is 13.5. The Labute approximate surface area is 185 Å². The van der Waals surface area contributed by atoms with Crippen LogP contribution in [0.2, 0.25) is 0 Å². The summed E-state index contributed by atoms with van der Waals surface area (Å²) in [6, 6.07) is 0.0871. The summed E-state index contributed by atoms with van der Waals surface area (Å²) < 4.78 is 8.46. The summed E-state index contributed by atoms with van der Waals surface area (Å²) in [4.78, 5) is 26.3. The van der Waals surface area contributed by atoms with E-state index in [1.165, 1.54) is 4.52 Å². The van der Waals surface area contributed by atoms with Crippen LogP contribution in [-0.4, -0.2) is 57.5 Å². The number of carbonyl (C=O) groups is 1. The number of hydrogen-bond acceptors (Lipinski definition) is 6. The Balaban J connectivity index is 0.00000231. The van der Waals surface area contributed by atoms with Gasteiger partial charge in [0.25, 0.3) is 11.5 Å². The second kappa shape index (κ2) is 9.02. The first-order valence-corrected chi connectivity index (χ1v) is 10.8. The molecule has 2 aromatic heterocycles. The summed E-state index contributed by atoms with van der Waals surface area (Å²) in [5, 5.41) is 21.3. The highest BCUT2D eigenvalue weighted by Gasteiger charge is 2.31. The van der Waals surface area contributed by atoms with Crippen molar-refractivity contribution in [2.24, 2.45) is 5.92 Å². The first-order chi connectivity index (χ1) is 14.6. The minimum Gasteiger partial charge on any atom is -0.492 e. The number of rotatable bonds is 5. The minimum absolute atomic E-state index is 0. The molecule has 2 fully saturated rings. The smallest absolute Gasteiger partial charge is 0.270 e. The van der Waals surface area contributed by atoms with Gasteiger partial charge in [-0.05, 0) is 50.1 Å². The summed E-state index contributed by atoms with van der Waals surface area (Å²) in [6.45, 7) is 3.42. The van der Waals surface area contributed by atoms with E-state index in [-0.39, 0.29) is 29.9 Å². The molecule has 1 saturated heterocycles. The third-order valence-corrected chi connectivity index (χ3v) is 6.21. The van der Waals surface area contributed by atoms with Gasteiger partial charge in [0.05, 0.1) is 6.20 Å². The number of fused-ring (bicyclic) bond motifs is 1. The molecule has 0 spiro atoms. The highest BCUT2D eigenvalue weighted by molar-refractivity contribution is 5.97. The number of nitrogens with one attached hydrogen (secondary N) is 2. The third kappa shape index (κ3) is 4.22. The van der Waals surface area contributed by atoms with Crippen LogP contribution in [0.3, 0.4) is 0 Å². The van der Waals surface area contributed by atoms with Gasteiger partial charge in [0.2, 0.25) is 5.88 Å². The SMILES string of the molecule is Cl.O=C(NC1CC1)c1c(O)n2ncc(C3=CCNCC3)c2n(CC2CCOCC2)c1=O. The Bertz CT molecular complexity index is 1070. The fourth-order valence-corrected chi connectivity index (χ4v) is 4.32. The lowest BCUT2D eigenvalue weighted by atomic mass is 9.99. The maximum Gasteiger partial charge on any atom is 0.270 e. The van der Waals surface area contributed by atoms with Crippen LogP contribution in [0.5, 0.6) is 5.88 Å². The van der Waals surface area contributed by atoms with Gasteiger partial charge in [0.15, 0.2) is 5.56 Å². The summed E-state index contributed by atoms with van der Waals surface area (Å²) in [5.41, 5.74) is 1.81. The molecule has 0 radical (unpaired) electrons. The van der Waals surface area contributed by atoms with Crippen LogP contribution in [0, 0.1) is 5.92 Å². The molecule has 1 aliphatic carbocycles. The van der Waals surface area contributed by atoms with Crippen LogP contribution in [0.25, 0.3) is 11.2 Å². The number of aromatic nitrogens is 3. The largest absolute Gasteiger partial charge is 0.492 e. The van der Waals surface area contributed by atoms with Crippen LogP contribution in [-0.2, 0) is 11.3 Å². The van der Waals surface area contributed by atoms with Gasteiger partial charge in [-0.3, -0.25) is 14.2 Å². The highest BCUT2D eigenvalue weighted by Crippen LogP contribution is 2.29. The number of halogens is 1. The zero-order valence-electron chi connectivity index (χ0n) is 17.3. The monoisotopic (exact) mass is 449 g/mol. The zero-order chi connectivity index (χ0) is 20.7. The van der Waals surface area contributed by atoms with Crippen molar-refractivity contribution in [3.05, 3.63) is 33.8 Å². The molecule has 0 bridgehead atoms. The topological polar surface area (TPSA) is 110 Å². The van der Waals surface area contributed by atoms with Crippen molar-refractivity contribution in [3.8, 4) is 5.88 Å². The van der Waals surface area contributed by atoms with Crippen LogP contribution in [0.15, 0.2) is 17.1 Å². The van der Waals surface area contributed by atoms with Crippen LogP contribution in [0.1, 0.15) is 48.0 Å². The number of nitrogens with zero attached hydrogens (tertiary/aromatic N) is 3. The quantitative estimate of drug-likeness (QED) is 0.635. The average Bonchev–Trinajstić information content (AvgIpc) is 3.46. The molecule has 5 rings (SSSR count). The maximum atomic E-state index is 13.5. The number of amides is 1. The van der Waals surface area contributed by atoms with Crippen molar-refractivity contribution < 1.29 is 14.6 Å². The van der Waals surface area contributed by atoms with Crippen LogP contribution in [0.4, 0.5) is 0 Å². The van der Waals surface area contributed by atoms with Crippen molar-refractivity contribution in [1.82, 2.24) is 24.8 Å². The molecule has 0 atom stereocenters. The van der Waals surface area contributed by atoms with E-state index < -0.39 is 17.3 Å². The van der Waals surface area contributed by atoms with Crippen molar-refractivity contribution in [2.45, 2.75) is 44.7 Å². The number of aromatic hydroxyl groups is 1. The Morgan fingerprint density at radius 1 is 1.29 bits per heavy atom. The molecule has 9 nitrogen and oxygen atoms in total. The van der Waals surface area contributed by atoms with Gasteiger partial charge >= 0.3 is 0 Å². The molecule has 10 heteroatoms. The second-order valence-electron chi connectivity index (χ2n) is 8.39. The zero-order valence-corrected chi connectivity index (χ0v) is 18.1. The Morgan fingerprint density at radius 2 is 2.06 bits per heavy atom. The van der Waals surface area contributed by atoms with E-state index in [2.05, 4.69) is 21.8 Å². The summed E-state index contributed by atoms with van der Waals surface area (Å²) in [5.74, 6) is -0.646. The lowest BCUT2D eigenvalue weighted by Crippen LogP contribution is -2.37. The molecule has 3 aliphatic rings. The number of hydrogen-bond donors (Lipinski definition) is 3. The van der Waals surface area contributed by atoms with Crippen molar-refractivity contribution >= 4 is 29.5 Å². The Kier molecular flexibility index (Phi) is 6.36. The summed E-state index contributed by atoms with van der Waals surface area (Å²) >= 11 is 0. The van der Waals surface area contributed by atoms with Gasteiger partial charge in [0, 0.05) is 37.9 Å². The van der Waals surface area contributed by atoms with Crippen molar-refractivity contribution in [2.75, 3.05) is 26.3 Å². The van der Waals surface area contributed by atoms with E-state index in [4.69, 9.17) is 4.74 Å². The standard InChI is InChI=1S/C21H27N5O4.ClH/c27-18(24-15-1-2-15)17-20(28)25(12-13-5-9-30-10-6-13)19-16(11-23-26(19)21(17)29)14-3-7-22-8-4-14;/h3,11,13,15,22,29H,1-2,4-10,12H2,(H,24,27);1H. The second-order valence-corrected chi connectivity index (χ2v) is 8.39. The van der Waals surface area contributed by atoms with E-state index in [1.54, 1.807) is 10.8 Å². The van der Waals surface area contributed by atoms with Gasteiger partial charge in [-0.1, -0.05) is 6.08 Å². The van der Waals surface area contributed by atoms with Gasteiger partial charge in [-0.25, -0.2) is 0 Å². The first-order valence-electron chi connectivity index (χ1n) is 10.8.